The zero-order valence-corrected chi connectivity index (χ0v) is 18.9. The number of hydrogen-bond donors (Lipinski definition) is 9. The van der Waals surface area contributed by atoms with Crippen molar-refractivity contribution in [2.24, 2.45) is 11.5 Å². The molecule has 4 rings (SSSR count). The van der Waals surface area contributed by atoms with Crippen molar-refractivity contribution in [2.45, 2.75) is 24.2 Å². The smallest absolute Gasteiger partial charge is 0.0561 e. The predicted molar refractivity (Wildman–Crippen MR) is 128 cm³/mol. The largest absolute Gasteiger partial charge is 0.326 e. The minimum absolute atomic E-state index is 0.0988. The van der Waals surface area contributed by atoms with Gasteiger partial charge in [0, 0.05) is 91.6 Å². The summed E-state index contributed by atoms with van der Waals surface area (Å²) in [4.78, 5) is 0. The highest BCUT2D eigenvalue weighted by molar-refractivity contribution is 5.22. The summed E-state index contributed by atoms with van der Waals surface area (Å²) < 4.78 is 0. The molecule has 31 heavy (non-hydrogen) atoms. The third-order valence-corrected chi connectivity index (χ3v) is 6.18. The van der Waals surface area contributed by atoms with E-state index in [-0.39, 0.29) is 11.1 Å². The quantitative estimate of drug-likeness (QED) is 0.247. The molecule has 0 spiro atoms. The first-order valence-corrected chi connectivity index (χ1v) is 11.7. The lowest BCUT2D eigenvalue weighted by atomic mass is 9.97. The van der Waals surface area contributed by atoms with Crippen LogP contribution in [0.1, 0.15) is 11.1 Å². The van der Waals surface area contributed by atoms with E-state index in [2.05, 4.69) is 61.5 Å². The van der Waals surface area contributed by atoms with Crippen LogP contribution in [0.25, 0.3) is 0 Å². The zero-order chi connectivity index (χ0) is 21.8. The summed E-state index contributed by atoms with van der Waals surface area (Å²) in [6.07, 6.45) is 0. The predicted octanol–water partition coefficient (Wildman–Crippen LogP) is -2.76. The molecule has 0 amide bonds. The maximum absolute atomic E-state index is 6.67. The SMILES string of the molecule is NCc1ccc(CNC23CNCCNCC(N)(CNCCNC2)CNCCNC3)cc1. The van der Waals surface area contributed by atoms with Gasteiger partial charge in [0.15, 0.2) is 0 Å². The van der Waals surface area contributed by atoms with Gasteiger partial charge in [-0.2, -0.15) is 0 Å². The highest BCUT2D eigenvalue weighted by Gasteiger charge is 2.30. The first-order valence-electron chi connectivity index (χ1n) is 11.7. The van der Waals surface area contributed by atoms with E-state index in [0.717, 1.165) is 90.6 Å². The number of fused-ring (bicyclic) bond motifs is 15. The summed E-state index contributed by atoms with van der Waals surface area (Å²) in [6, 6.07) is 8.57. The minimum Gasteiger partial charge on any atom is -0.326 e. The van der Waals surface area contributed by atoms with Crippen LogP contribution in [-0.4, -0.2) is 89.6 Å². The number of benzene rings is 1. The van der Waals surface area contributed by atoms with Gasteiger partial charge in [0.05, 0.1) is 11.1 Å². The second kappa shape index (κ2) is 12.8. The summed E-state index contributed by atoms with van der Waals surface area (Å²) in [5.74, 6) is 0. The normalized spacial score (nSPS) is 29.9. The van der Waals surface area contributed by atoms with Crippen molar-refractivity contribution >= 4 is 0 Å². The van der Waals surface area contributed by atoms with Gasteiger partial charge in [-0.15, -0.1) is 0 Å². The molecule has 11 N–H and O–H groups in total. The molecule has 9 nitrogen and oxygen atoms in total. The van der Waals surface area contributed by atoms with E-state index in [9.17, 15) is 0 Å². The van der Waals surface area contributed by atoms with Gasteiger partial charge in [-0.05, 0) is 11.1 Å². The van der Waals surface area contributed by atoms with E-state index in [4.69, 9.17) is 11.5 Å². The third-order valence-electron chi connectivity index (χ3n) is 6.18. The topological polar surface area (TPSA) is 136 Å². The third kappa shape index (κ3) is 8.38. The first kappa shape index (κ1) is 24.5. The van der Waals surface area contributed by atoms with Crippen molar-refractivity contribution in [3.8, 4) is 0 Å². The second-order valence-corrected chi connectivity index (χ2v) is 9.08. The molecule has 176 valence electrons. The molecule has 0 aliphatic carbocycles. The molecule has 0 unspecified atom stereocenters. The van der Waals surface area contributed by atoms with E-state index in [0.29, 0.717) is 6.54 Å². The summed E-state index contributed by atoms with van der Waals surface area (Å²) >= 11 is 0. The Hall–Kier alpha value is -1.14. The van der Waals surface area contributed by atoms with Crippen LogP contribution in [0.3, 0.4) is 0 Å². The lowest BCUT2D eigenvalue weighted by Crippen LogP contribution is -2.66. The van der Waals surface area contributed by atoms with Gasteiger partial charge in [0.2, 0.25) is 0 Å². The van der Waals surface area contributed by atoms with Crippen molar-refractivity contribution in [1.29, 1.82) is 0 Å². The fourth-order valence-electron chi connectivity index (χ4n) is 4.17. The van der Waals surface area contributed by atoms with E-state index in [1.165, 1.54) is 5.56 Å². The molecule has 1 aromatic carbocycles. The highest BCUT2D eigenvalue weighted by atomic mass is 15.1. The standard InChI is InChI=1S/C22H43N9/c23-11-19-1-3-20(4-2-19)12-31-22-16-28-8-5-25-13-21(24,14-26-6-9-29-17-22)15-27-7-10-30-18-22/h1-4,25-31H,5-18,23-24H2. The number of nitrogens with two attached hydrogens (primary N) is 2. The zero-order valence-electron chi connectivity index (χ0n) is 18.9. The van der Waals surface area contributed by atoms with Gasteiger partial charge in [-0.3, -0.25) is 0 Å². The van der Waals surface area contributed by atoms with Gasteiger partial charge in [0.1, 0.15) is 0 Å². The number of hydrogen-bond acceptors (Lipinski definition) is 9. The Kier molecular flexibility index (Phi) is 10.1. The fraction of sp³-hybridized carbons (Fsp3) is 0.727. The summed E-state index contributed by atoms with van der Waals surface area (Å²) in [7, 11) is 0. The Balaban J connectivity index is 1.70. The molecule has 0 radical (unpaired) electrons. The lowest BCUT2D eigenvalue weighted by Gasteiger charge is -2.37. The molecule has 9 heteroatoms. The Labute approximate surface area is 187 Å². The van der Waals surface area contributed by atoms with Crippen molar-refractivity contribution in [1.82, 2.24) is 37.2 Å². The van der Waals surface area contributed by atoms with Crippen molar-refractivity contribution in [3.63, 3.8) is 0 Å². The van der Waals surface area contributed by atoms with Crippen LogP contribution in [0.15, 0.2) is 24.3 Å². The van der Waals surface area contributed by atoms with E-state index in [1.54, 1.807) is 0 Å². The molecule has 3 saturated heterocycles. The van der Waals surface area contributed by atoms with Crippen LogP contribution in [-0.2, 0) is 13.1 Å². The monoisotopic (exact) mass is 433 g/mol. The van der Waals surface area contributed by atoms with Crippen molar-refractivity contribution in [2.75, 3.05) is 78.5 Å². The molecule has 3 aliphatic heterocycles. The lowest BCUT2D eigenvalue weighted by molar-refractivity contribution is 0.269. The Morgan fingerprint density at radius 2 is 1.03 bits per heavy atom. The molecule has 0 atom stereocenters. The molecule has 1 aromatic rings. The van der Waals surface area contributed by atoms with Crippen LogP contribution >= 0.6 is 0 Å². The molecule has 2 bridgehead atoms. The molecule has 3 heterocycles. The van der Waals surface area contributed by atoms with Gasteiger partial charge in [-0.25, -0.2) is 0 Å². The molecule has 3 fully saturated rings. The average Bonchev–Trinajstić information content (AvgIpc) is 2.79. The molecule has 0 aromatic heterocycles. The van der Waals surface area contributed by atoms with Crippen LogP contribution in [0.5, 0.6) is 0 Å². The number of rotatable bonds is 4. The number of nitrogens with one attached hydrogen (secondary N) is 7. The van der Waals surface area contributed by atoms with Gasteiger partial charge >= 0.3 is 0 Å². The van der Waals surface area contributed by atoms with Gasteiger partial charge in [-0.1, -0.05) is 24.3 Å². The fourth-order valence-corrected chi connectivity index (χ4v) is 4.17. The van der Waals surface area contributed by atoms with Crippen molar-refractivity contribution in [3.05, 3.63) is 35.4 Å². The van der Waals surface area contributed by atoms with Gasteiger partial charge < -0.3 is 48.7 Å². The first-order chi connectivity index (χ1) is 15.1. The van der Waals surface area contributed by atoms with Crippen LogP contribution in [0.2, 0.25) is 0 Å². The van der Waals surface area contributed by atoms with E-state index < -0.39 is 0 Å². The average molecular weight is 434 g/mol. The van der Waals surface area contributed by atoms with E-state index >= 15 is 0 Å². The molecule has 0 saturated carbocycles. The Morgan fingerprint density at radius 3 is 1.45 bits per heavy atom. The maximum Gasteiger partial charge on any atom is 0.0561 e. The summed E-state index contributed by atoms with van der Waals surface area (Å²) in [5, 5.41) is 25.5. The van der Waals surface area contributed by atoms with Crippen molar-refractivity contribution < 1.29 is 0 Å². The summed E-state index contributed by atoms with van der Waals surface area (Å²) in [6.45, 7) is 11.8. The molecule has 3 aliphatic rings. The maximum atomic E-state index is 6.67. The second-order valence-electron chi connectivity index (χ2n) is 9.08. The summed E-state index contributed by atoms with van der Waals surface area (Å²) in [5.41, 5.74) is 14.5. The van der Waals surface area contributed by atoms with E-state index in [1.807, 2.05) is 0 Å². The van der Waals surface area contributed by atoms with Crippen LogP contribution < -0.4 is 48.7 Å². The minimum atomic E-state index is -0.293. The van der Waals surface area contributed by atoms with Crippen LogP contribution in [0.4, 0.5) is 0 Å². The van der Waals surface area contributed by atoms with Crippen LogP contribution in [0, 0.1) is 0 Å². The highest BCUT2D eigenvalue weighted by Crippen LogP contribution is 2.08. The Bertz CT molecular complexity index is 578. The van der Waals surface area contributed by atoms with Gasteiger partial charge in [0.25, 0.3) is 0 Å². The molecular formula is C22H43N9. The Morgan fingerprint density at radius 1 is 0.645 bits per heavy atom. The molecular weight excluding hydrogens is 390 g/mol.